The summed E-state index contributed by atoms with van der Waals surface area (Å²) in [7, 11) is 1.29. The maximum atomic E-state index is 12.8. The molecule has 1 atom stereocenters. The molecule has 2 aromatic rings. The first kappa shape index (κ1) is 23.4. The number of rotatable bonds is 8. The summed E-state index contributed by atoms with van der Waals surface area (Å²) in [6.45, 7) is 4.31. The molecule has 1 N–H and O–H groups in total. The van der Waals surface area contributed by atoms with Gasteiger partial charge in [-0.25, -0.2) is 12.7 Å². The Morgan fingerprint density at radius 3 is 2.28 bits per heavy atom. The Hall–Kier alpha value is -1.87. The molecule has 0 heterocycles. The van der Waals surface area contributed by atoms with E-state index in [1.54, 1.807) is 23.9 Å². The zero-order valence-corrected chi connectivity index (χ0v) is 19.4. The van der Waals surface area contributed by atoms with Gasteiger partial charge in [0.25, 0.3) is 0 Å². The molecule has 0 aliphatic heterocycles. The average Bonchev–Trinajstić information content (AvgIpc) is 2.69. The van der Waals surface area contributed by atoms with Gasteiger partial charge in [-0.1, -0.05) is 18.2 Å². The third-order valence-electron chi connectivity index (χ3n) is 4.88. The van der Waals surface area contributed by atoms with Crippen LogP contribution in [0.15, 0.2) is 52.3 Å². The summed E-state index contributed by atoms with van der Waals surface area (Å²) >= 11 is 1.69. The molecule has 29 heavy (non-hydrogen) atoms. The Labute approximate surface area is 178 Å². The Morgan fingerprint density at radius 2 is 1.72 bits per heavy atom. The van der Waals surface area contributed by atoms with Crippen LogP contribution >= 0.6 is 11.8 Å². The fraction of sp³-hybridized carbons (Fsp3) is 0.381. The molecule has 0 aliphatic carbocycles. The van der Waals surface area contributed by atoms with Crippen molar-refractivity contribution in [3.8, 4) is 0 Å². The SMILES string of the molecule is CSc1ccc(CN(C)C(C)C(=O)Nc2cc(S(=O)(=O)N(C)C)ccc2C)cc1. The van der Waals surface area contributed by atoms with E-state index in [1.165, 1.54) is 25.1 Å². The molecule has 2 rings (SSSR count). The van der Waals surface area contributed by atoms with Gasteiger partial charge in [0.05, 0.1) is 10.9 Å². The number of aryl methyl sites for hydroxylation is 1. The number of hydrogen-bond donors (Lipinski definition) is 1. The minimum atomic E-state index is -3.57. The van der Waals surface area contributed by atoms with Crippen LogP contribution in [0.3, 0.4) is 0 Å². The maximum absolute atomic E-state index is 12.8. The van der Waals surface area contributed by atoms with E-state index in [2.05, 4.69) is 29.6 Å². The van der Waals surface area contributed by atoms with Gasteiger partial charge in [-0.15, -0.1) is 11.8 Å². The van der Waals surface area contributed by atoms with Crippen LogP contribution in [0.1, 0.15) is 18.1 Å². The number of likely N-dealkylation sites (N-methyl/N-ethyl adjacent to an activating group) is 1. The zero-order valence-electron chi connectivity index (χ0n) is 17.8. The van der Waals surface area contributed by atoms with Crippen LogP contribution in [-0.4, -0.2) is 57.0 Å². The van der Waals surface area contributed by atoms with Crippen molar-refractivity contribution in [2.75, 3.05) is 32.7 Å². The van der Waals surface area contributed by atoms with Gasteiger partial charge in [-0.2, -0.15) is 0 Å². The smallest absolute Gasteiger partial charge is 0.242 e. The maximum Gasteiger partial charge on any atom is 0.242 e. The Balaban J connectivity index is 2.12. The minimum absolute atomic E-state index is 0.151. The molecule has 0 saturated carbocycles. The number of nitrogens with one attached hydrogen (secondary N) is 1. The largest absolute Gasteiger partial charge is 0.324 e. The standard InChI is InChI=1S/C21H29N3O3S2/c1-15-7-12-19(29(26,27)23(3)4)13-20(15)22-21(25)16(2)24(5)14-17-8-10-18(28-6)11-9-17/h7-13,16H,14H2,1-6H3,(H,22,25). The van der Waals surface area contributed by atoms with Crippen molar-refractivity contribution in [2.24, 2.45) is 0 Å². The number of sulfonamides is 1. The summed E-state index contributed by atoms with van der Waals surface area (Å²) in [5, 5.41) is 2.88. The first-order valence-corrected chi connectivity index (χ1v) is 11.9. The summed E-state index contributed by atoms with van der Waals surface area (Å²) in [6.07, 6.45) is 2.04. The van der Waals surface area contributed by atoms with Crippen molar-refractivity contribution >= 4 is 33.4 Å². The van der Waals surface area contributed by atoms with Gasteiger partial charge in [-0.3, -0.25) is 9.69 Å². The second kappa shape index (κ2) is 9.75. The molecule has 8 heteroatoms. The summed E-state index contributed by atoms with van der Waals surface area (Å²) in [6, 6.07) is 12.6. The van der Waals surface area contributed by atoms with Gasteiger partial charge in [0.2, 0.25) is 15.9 Å². The molecule has 2 aromatic carbocycles. The first-order valence-electron chi connectivity index (χ1n) is 9.23. The number of carbonyl (C=O) groups excluding carboxylic acids is 1. The number of thioether (sulfide) groups is 1. The van der Waals surface area contributed by atoms with E-state index in [-0.39, 0.29) is 16.8 Å². The quantitative estimate of drug-likeness (QED) is 0.644. The van der Waals surface area contributed by atoms with Crippen molar-refractivity contribution in [1.29, 1.82) is 0 Å². The second-order valence-corrected chi connectivity index (χ2v) is 10.2. The molecule has 0 saturated heterocycles. The molecular formula is C21H29N3O3S2. The molecule has 0 aromatic heterocycles. The van der Waals surface area contributed by atoms with E-state index < -0.39 is 10.0 Å². The van der Waals surface area contributed by atoms with Gasteiger partial charge in [0.1, 0.15) is 0 Å². The minimum Gasteiger partial charge on any atom is -0.324 e. The molecule has 158 valence electrons. The molecule has 6 nitrogen and oxygen atoms in total. The van der Waals surface area contributed by atoms with Gasteiger partial charge in [0, 0.05) is 31.2 Å². The Morgan fingerprint density at radius 1 is 1.10 bits per heavy atom. The van der Waals surface area contributed by atoms with Gasteiger partial charge in [-0.05, 0) is 62.5 Å². The lowest BCUT2D eigenvalue weighted by molar-refractivity contribution is -0.120. The Bertz CT molecular complexity index is 958. The third-order valence-corrected chi connectivity index (χ3v) is 7.43. The van der Waals surface area contributed by atoms with E-state index in [4.69, 9.17) is 0 Å². The van der Waals surface area contributed by atoms with Gasteiger partial charge in [0.15, 0.2) is 0 Å². The third kappa shape index (κ3) is 5.82. The van der Waals surface area contributed by atoms with E-state index >= 15 is 0 Å². The van der Waals surface area contributed by atoms with Crippen LogP contribution in [0.5, 0.6) is 0 Å². The number of anilines is 1. The summed E-state index contributed by atoms with van der Waals surface area (Å²) in [5.74, 6) is -0.185. The number of benzene rings is 2. The zero-order chi connectivity index (χ0) is 21.8. The second-order valence-electron chi connectivity index (χ2n) is 7.19. The highest BCUT2D eigenvalue weighted by atomic mass is 32.2. The van der Waals surface area contributed by atoms with Crippen LogP contribution in [0.25, 0.3) is 0 Å². The molecule has 1 amide bonds. The van der Waals surface area contributed by atoms with E-state index in [1.807, 2.05) is 32.1 Å². The number of carbonyl (C=O) groups is 1. The molecule has 0 fully saturated rings. The lowest BCUT2D eigenvalue weighted by Gasteiger charge is -2.24. The highest BCUT2D eigenvalue weighted by Gasteiger charge is 2.21. The van der Waals surface area contributed by atoms with Crippen LogP contribution < -0.4 is 5.32 Å². The Kier molecular flexibility index (Phi) is 7.87. The number of hydrogen-bond acceptors (Lipinski definition) is 5. The van der Waals surface area contributed by atoms with Crippen molar-refractivity contribution in [3.05, 3.63) is 53.6 Å². The molecule has 0 spiro atoms. The highest BCUT2D eigenvalue weighted by molar-refractivity contribution is 7.98. The van der Waals surface area contributed by atoms with Crippen molar-refractivity contribution in [1.82, 2.24) is 9.21 Å². The molecule has 0 bridgehead atoms. The summed E-state index contributed by atoms with van der Waals surface area (Å²) in [4.78, 5) is 16.1. The highest BCUT2D eigenvalue weighted by Crippen LogP contribution is 2.23. The van der Waals surface area contributed by atoms with E-state index in [0.717, 1.165) is 15.4 Å². The molecule has 1 unspecified atom stereocenters. The fourth-order valence-electron chi connectivity index (χ4n) is 2.70. The fourth-order valence-corrected chi connectivity index (χ4v) is 4.04. The van der Waals surface area contributed by atoms with E-state index in [0.29, 0.717) is 12.2 Å². The van der Waals surface area contributed by atoms with Crippen LogP contribution in [0, 0.1) is 6.92 Å². The summed E-state index contributed by atoms with van der Waals surface area (Å²) < 4.78 is 25.9. The average molecular weight is 436 g/mol. The first-order chi connectivity index (χ1) is 13.6. The van der Waals surface area contributed by atoms with Crippen molar-refractivity contribution in [2.45, 2.75) is 36.2 Å². The van der Waals surface area contributed by atoms with Gasteiger partial charge < -0.3 is 5.32 Å². The lowest BCUT2D eigenvalue weighted by Crippen LogP contribution is -2.39. The lowest BCUT2D eigenvalue weighted by atomic mass is 10.1. The van der Waals surface area contributed by atoms with Gasteiger partial charge >= 0.3 is 0 Å². The van der Waals surface area contributed by atoms with E-state index in [9.17, 15) is 13.2 Å². The molecule has 0 radical (unpaired) electrons. The van der Waals surface area contributed by atoms with Crippen LogP contribution in [-0.2, 0) is 21.4 Å². The van der Waals surface area contributed by atoms with Crippen molar-refractivity contribution in [3.63, 3.8) is 0 Å². The monoisotopic (exact) mass is 435 g/mol. The predicted molar refractivity (Wildman–Crippen MR) is 120 cm³/mol. The predicted octanol–water partition coefficient (Wildman–Crippen LogP) is 3.43. The molecular weight excluding hydrogens is 406 g/mol. The topological polar surface area (TPSA) is 69.7 Å². The van der Waals surface area contributed by atoms with Crippen molar-refractivity contribution < 1.29 is 13.2 Å². The number of nitrogens with zero attached hydrogens (tertiary/aromatic N) is 2. The summed E-state index contributed by atoms with van der Waals surface area (Å²) in [5.41, 5.74) is 2.43. The van der Waals surface area contributed by atoms with Crippen LogP contribution in [0.2, 0.25) is 0 Å². The molecule has 0 aliphatic rings. The number of amides is 1. The normalized spacial score (nSPS) is 13.0. The van der Waals surface area contributed by atoms with Crippen LogP contribution in [0.4, 0.5) is 5.69 Å².